The Bertz CT molecular complexity index is 507. The zero-order valence-electron chi connectivity index (χ0n) is 9.94. The molecule has 2 aromatic rings. The van der Waals surface area contributed by atoms with Gasteiger partial charge in [0, 0.05) is 17.3 Å². The van der Waals surface area contributed by atoms with E-state index in [0.717, 1.165) is 28.6 Å². The van der Waals surface area contributed by atoms with E-state index in [1.165, 1.54) is 0 Å². The van der Waals surface area contributed by atoms with Gasteiger partial charge in [0.05, 0.1) is 6.54 Å². The summed E-state index contributed by atoms with van der Waals surface area (Å²) in [6.07, 6.45) is 1.57. The second-order valence-corrected chi connectivity index (χ2v) is 4.17. The number of aryl methyl sites for hydroxylation is 1. The summed E-state index contributed by atoms with van der Waals surface area (Å²) in [5.41, 5.74) is 2.08. The summed E-state index contributed by atoms with van der Waals surface area (Å²) >= 11 is 6.06. The van der Waals surface area contributed by atoms with Gasteiger partial charge in [-0.3, -0.25) is 0 Å². The van der Waals surface area contributed by atoms with Crippen LogP contribution in [0, 0.1) is 6.92 Å². The van der Waals surface area contributed by atoms with E-state index in [-0.39, 0.29) is 0 Å². The average molecular weight is 251 g/mol. The van der Waals surface area contributed by atoms with Gasteiger partial charge in [-0.25, -0.2) is 9.67 Å². The van der Waals surface area contributed by atoms with E-state index in [9.17, 15) is 0 Å². The molecule has 0 unspecified atom stereocenters. The van der Waals surface area contributed by atoms with Gasteiger partial charge in [0.2, 0.25) is 0 Å². The van der Waals surface area contributed by atoms with Crippen LogP contribution in [0.1, 0.15) is 18.3 Å². The second kappa shape index (κ2) is 5.19. The molecule has 0 atom stereocenters. The van der Waals surface area contributed by atoms with Gasteiger partial charge in [-0.15, -0.1) is 0 Å². The Morgan fingerprint density at radius 3 is 3.00 bits per heavy atom. The summed E-state index contributed by atoms with van der Waals surface area (Å²) in [6.45, 7) is 5.51. The highest BCUT2D eigenvalue weighted by molar-refractivity contribution is 6.31. The summed E-state index contributed by atoms with van der Waals surface area (Å²) < 4.78 is 1.87. The lowest BCUT2D eigenvalue weighted by molar-refractivity contribution is 0.622. The van der Waals surface area contributed by atoms with Crippen LogP contribution in [0.3, 0.4) is 0 Å². The minimum atomic E-state index is 0.648. The molecule has 0 saturated carbocycles. The van der Waals surface area contributed by atoms with Crippen molar-refractivity contribution in [2.75, 3.05) is 5.32 Å². The lowest BCUT2D eigenvalue weighted by atomic mass is 10.2. The van der Waals surface area contributed by atoms with Crippen LogP contribution in [0.2, 0.25) is 5.02 Å². The number of nitrogens with zero attached hydrogens (tertiary/aromatic N) is 3. The van der Waals surface area contributed by atoms with Crippen molar-refractivity contribution in [2.24, 2.45) is 0 Å². The summed E-state index contributed by atoms with van der Waals surface area (Å²) in [4.78, 5) is 4.21. The monoisotopic (exact) mass is 250 g/mol. The molecular formula is C12H15ClN4. The largest absolute Gasteiger partial charge is 0.377 e. The zero-order chi connectivity index (χ0) is 12.3. The number of hydrogen-bond donors (Lipinski definition) is 1. The van der Waals surface area contributed by atoms with Gasteiger partial charge in [-0.05, 0) is 31.5 Å². The second-order valence-electron chi connectivity index (χ2n) is 3.76. The van der Waals surface area contributed by atoms with Crippen LogP contribution in [-0.4, -0.2) is 14.8 Å². The van der Waals surface area contributed by atoms with E-state index in [0.29, 0.717) is 6.54 Å². The number of aromatic nitrogens is 3. The first-order chi connectivity index (χ1) is 8.22. The maximum atomic E-state index is 6.06. The van der Waals surface area contributed by atoms with Gasteiger partial charge in [0.25, 0.3) is 0 Å². The first-order valence-corrected chi connectivity index (χ1v) is 5.96. The van der Waals surface area contributed by atoms with Crippen LogP contribution in [0.25, 0.3) is 0 Å². The SMILES string of the molecule is CCn1ncnc1CNc1cccc(Cl)c1C. The topological polar surface area (TPSA) is 42.7 Å². The highest BCUT2D eigenvalue weighted by Crippen LogP contribution is 2.23. The number of benzene rings is 1. The van der Waals surface area contributed by atoms with E-state index in [2.05, 4.69) is 15.4 Å². The Kier molecular flexibility index (Phi) is 3.64. The van der Waals surface area contributed by atoms with Crippen molar-refractivity contribution in [3.05, 3.63) is 40.9 Å². The minimum Gasteiger partial charge on any atom is -0.377 e. The van der Waals surface area contributed by atoms with Crippen molar-refractivity contribution in [3.63, 3.8) is 0 Å². The molecule has 0 saturated heterocycles. The molecule has 4 nitrogen and oxygen atoms in total. The molecule has 1 heterocycles. The summed E-state index contributed by atoms with van der Waals surface area (Å²) in [7, 11) is 0. The van der Waals surface area contributed by atoms with Gasteiger partial charge in [0.1, 0.15) is 12.2 Å². The third-order valence-electron chi connectivity index (χ3n) is 2.70. The van der Waals surface area contributed by atoms with Gasteiger partial charge in [0.15, 0.2) is 0 Å². The Labute approximate surface area is 106 Å². The fourth-order valence-corrected chi connectivity index (χ4v) is 1.84. The van der Waals surface area contributed by atoms with Gasteiger partial charge >= 0.3 is 0 Å². The lowest BCUT2D eigenvalue weighted by Crippen LogP contribution is -2.09. The zero-order valence-corrected chi connectivity index (χ0v) is 10.7. The van der Waals surface area contributed by atoms with Crippen LogP contribution < -0.4 is 5.32 Å². The van der Waals surface area contributed by atoms with Crippen molar-refractivity contribution >= 4 is 17.3 Å². The molecule has 0 amide bonds. The van der Waals surface area contributed by atoms with Crippen LogP contribution in [-0.2, 0) is 13.1 Å². The molecule has 0 bridgehead atoms. The molecule has 0 radical (unpaired) electrons. The molecule has 17 heavy (non-hydrogen) atoms. The minimum absolute atomic E-state index is 0.648. The van der Waals surface area contributed by atoms with E-state index in [1.807, 2.05) is 36.7 Å². The molecule has 0 fully saturated rings. The van der Waals surface area contributed by atoms with Crippen molar-refractivity contribution in [3.8, 4) is 0 Å². The maximum Gasteiger partial charge on any atom is 0.146 e. The number of rotatable bonds is 4. The smallest absolute Gasteiger partial charge is 0.146 e. The third kappa shape index (κ3) is 2.58. The summed E-state index contributed by atoms with van der Waals surface area (Å²) in [5.74, 6) is 0.923. The highest BCUT2D eigenvalue weighted by Gasteiger charge is 2.05. The van der Waals surface area contributed by atoms with Crippen molar-refractivity contribution in [1.29, 1.82) is 0 Å². The number of nitrogens with one attached hydrogen (secondary N) is 1. The van der Waals surface area contributed by atoms with E-state index in [4.69, 9.17) is 11.6 Å². The van der Waals surface area contributed by atoms with Gasteiger partial charge in [-0.2, -0.15) is 5.10 Å². The molecule has 1 N–H and O–H groups in total. The van der Waals surface area contributed by atoms with Crippen LogP contribution in [0.4, 0.5) is 5.69 Å². The molecule has 2 rings (SSSR count). The Morgan fingerprint density at radius 2 is 2.24 bits per heavy atom. The van der Waals surface area contributed by atoms with E-state index >= 15 is 0 Å². The molecule has 90 valence electrons. The molecule has 0 aliphatic heterocycles. The van der Waals surface area contributed by atoms with Crippen molar-refractivity contribution in [2.45, 2.75) is 26.9 Å². The molecule has 1 aromatic heterocycles. The van der Waals surface area contributed by atoms with E-state index < -0.39 is 0 Å². The maximum absolute atomic E-state index is 6.06. The molecule has 5 heteroatoms. The standard InChI is InChI=1S/C12H15ClN4/c1-3-17-12(15-8-16-17)7-14-11-6-4-5-10(13)9(11)2/h4-6,8,14H,3,7H2,1-2H3. The summed E-state index contributed by atoms with van der Waals surface area (Å²) in [5, 5.41) is 8.22. The quantitative estimate of drug-likeness (QED) is 0.907. The number of halogens is 1. The molecular weight excluding hydrogens is 236 g/mol. The first-order valence-electron chi connectivity index (χ1n) is 5.58. The average Bonchev–Trinajstić information content (AvgIpc) is 2.78. The predicted molar refractivity (Wildman–Crippen MR) is 69.2 cm³/mol. The van der Waals surface area contributed by atoms with Crippen molar-refractivity contribution in [1.82, 2.24) is 14.8 Å². The number of anilines is 1. The predicted octanol–water partition coefficient (Wildman–Crippen LogP) is 2.87. The van der Waals surface area contributed by atoms with Crippen LogP contribution in [0.15, 0.2) is 24.5 Å². The third-order valence-corrected chi connectivity index (χ3v) is 3.11. The normalized spacial score (nSPS) is 10.5. The van der Waals surface area contributed by atoms with Gasteiger partial charge < -0.3 is 5.32 Å². The molecule has 0 aliphatic rings. The Morgan fingerprint density at radius 1 is 1.41 bits per heavy atom. The van der Waals surface area contributed by atoms with E-state index in [1.54, 1.807) is 6.33 Å². The first kappa shape index (κ1) is 11.9. The number of hydrogen-bond acceptors (Lipinski definition) is 3. The molecule has 0 aliphatic carbocycles. The highest BCUT2D eigenvalue weighted by atomic mass is 35.5. The lowest BCUT2D eigenvalue weighted by Gasteiger charge is -2.10. The van der Waals surface area contributed by atoms with Crippen LogP contribution in [0.5, 0.6) is 0 Å². The van der Waals surface area contributed by atoms with Crippen LogP contribution >= 0.6 is 11.6 Å². The summed E-state index contributed by atoms with van der Waals surface area (Å²) in [6, 6.07) is 5.83. The Hall–Kier alpha value is -1.55. The Balaban J connectivity index is 2.10. The molecule has 1 aromatic carbocycles. The molecule has 0 spiro atoms. The fraction of sp³-hybridized carbons (Fsp3) is 0.333. The van der Waals surface area contributed by atoms with Gasteiger partial charge in [-0.1, -0.05) is 17.7 Å². The van der Waals surface area contributed by atoms with Crippen molar-refractivity contribution < 1.29 is 0 Å². The fourth-order valence-electron chi connectivity index (χ4n) is 1.66.